The molecule has 0 aromatic rings. The van der Waals surface area contributed by atoms with Crippen LogP contribution in [0.5, 0.6) is 0 Å². The molecule has 0 spiro atoms. The van der Waals surface area contributed by atoms with Crippen molar-refractivity contribution in [3.8, 4) is 0 Å². The van der Waals surface area contributed by atoms with Crippen LogP contribution in [0.4, 0.5) is 4.79 Å². The molecule has 2 aliphatic heterocycles. The van der Waals surface area contributed by atoms with Crippen molar-refractivity contribution in [2.75, 3.05) is 13.1 Å². The first-order valence-electron chi connectivity index (χ1n) is 6.09. The van der Waals surface area contributed by atoms with Crippen LogP contribution in [0, 0.1) is 5.92 Å². The molecule has 4 nitrogen and oxygen atoms in total. The number of hydrogen-bond acceptors (Lipinski definition) is 3. The van der Waals surface area contributed by atoms with Gasteiger partial charge in [0.25, 0.3) is 0 Å². The Kier molecular flexibility index (Phi) is 2.86. The molecule has 4 heteroatoms. The average Bonchev–Trinajstić information content (AvgIpc) is 2.56. The Morgan fingerprint density at radius 2 is 2.06 bits per heavy atom. The van der Waals surface area contributed by atoms with Gasteiger partial charge in [0.15, 0.2) is 0 Å². The number of ether oxygens (including phenoxy) is 1. The minimum atomic E-state index is -0.393. The second kappa shape index (κ2) is 3.91. The SMILES string of the molecule is C[C@H]1C[C@H]2CN(C(=O)OC(C)(C)C)C[C@@H]2N1. The highest BCUT2D eigenvalue weighted by Gasteiger charge is 2.41. The molecule has 0 aliphatic carbocycles. The van der Waals surface area contributed by atoms with E-state index in [0.717, 1.165) is 13.1 Å². The van der Waals surface area contributed by atoms with Gasteiger partial charge < -0.3 is 15.0 Å². The van der Waals surface area contributed by atoms with E-state index in [1.54, 1.807) is 0 Å². The molecular weight excluding hydrogens is 204 g/mol. The molecule has 92 valence electrons. The largest absolute Gasteiger partial charge is 0.444 e. The summed E-state index contributed by atoms with van der Waals surface area (Å²) in [6, 6.07) is 1.07. The molecule has 2 heterocycles. The van der Waals surface area contributed by atoms with Crippen molar-refractivity contribution in [2.45, 2.75) is 51.8 Å². The van der Waals surface area contributed by atoms with E-state index in [0.29, 0.717) is 18.0 Å². The molecule has 0 aromatic carbocycles. The van der Waals surface area contributed by atoms with E-state index in [9.17, 15) is 4.79 Å². The van der Waals surface area contributed by atoms with Crippen molar-refractivity contribution < 1.29 is 9.53 Å². The Bertz CT molecular complexity index is 271. The predicted molar refractivity (Wildman–Crippen MR) is 62.3 cm³/mol. The minimum absolute atomic E-state index is 0.170. The lowest BCUT2D eigenvalue weighted by molar-refractivity contribution is 0.0281. The van der Waals surface area contributed by atoms with Gasteiger partial charge in [-0.1, -0.05) is 0 Å². The minimum Gasteiger partial charge on any atom is -0.444 e. The molecule has 16 heavy (non-hydrogen) atoms. The van der Waals surface area contributed by atoms with Gasteiger partial charge in [0.1, 0.15) is 5.60 Å². The fourth-order valence-corrected chi connectivity index (χ4v) is 2.66. The summed E-state index contributed by atoms with van der Waals surface area (Å²) in [5.41, 5.74) is -0.393. The fourth-order valence-electron chi connectivity index (χ4n) is 2.66. The van der Waals surface area contributed by atoms with Crippen molar-refractivity contribution in [1.29, 1.82) is 0 Å². The summed E-state index contributed by atoms with van der Waals surface area (Å²) in [6.07, 6.45) is 1.00. The van der Waals surface area contributed by atoms with Crippen molar-refractivity contribution in [3.63, 3.8) is 0 Å². The number of carbonyl (C=O) groups excluding carboxylic acids is 1. The summed E-state index contributed by atoms with van der Waals surface area (Å²) in [5, 5.41) is 3.51. The quantitative estimate of drug-likeness (QED) is 0.682. The first-order valence-corrected chi connectivity index (χ1v) is 6.09. The number of carbonyl (C=O) groups is 1. The van der Waals surface area contributed by atoms with E-state index < -0.39 is 5.60 Å². The maximum atomic E-state index is 11.8. The molecule has 1 N–H and O–H groups in total. The topological polar surface area (TPSA) is 41.6 Å². The van der Waals surface area contributed by atoms with Crippen molar-refractivity contribution in [1.82, 2.24) is 10.2 Å². The smallest absolute Gasteiger partial charge is 0.410 e. The number of nitrogens with one attached hydrogen (secondary N) is 1. The molecule has 2 fully saturated rings. The van der Waals surface area contributed by atoms with Gasteiger partial charge >= 0.3 is 6.09 Å². The van der Waals surface area contributed by atoms with Gasteiger partial charge in [-0.2, -0.15) is 0 Å². The first kappa shape index (κ1) is 11.7. The highest BCUT2D eigenvalue weighted by molar-refractivity contribution is 5.68. The Balaban J connectivity index is 1.88. The zero-order valence-corrected chi connectivity index (χ0v) is 10.6. The summed E-state index contributed by atoms with van der Waals surface area (Å²) in [4.78, 5) is 13.7. The van der Waals surface area contributed by atoms with E-state index in [-0.39, 0.29) is 6.09 Å². The van der Waals surface area contributed by atoms with Crippen LogP contribution < -0.4 is 5.32 Å². The van der Waals surface area contributed by atoms with E-state index in [4.69, 9.17) is 4.74 Å². The summed E-state index contributed by atoms with van der Waals surface area (Å²) in [7, 11) is 0. The zero-order chi connectivity index (χ0) is 11.9. The third-order valence-corrected chi connectivity index (χ3v) is 3.25. The lowest BCUT2D eigenvalue weighted by atomic mass is 10.0. The van der Waals surface area contributed by atoms with Gasteiger partial charge in [-0.15, -0.1) is 0 Å². The van der Waals surface area contributed by atoms with Crippen LogP contribution in [0.2, 0.25) is 0 Å². The van der Waals surface area contributed by atoms with E-state index in [2.05, 4.69) is 12.2 Å². The average molecular weight is 226 g/mol. The standard InChI is InChI=1S/C12H22N2O2/c1-8-5-9-6-14(7-10(9)13-8)11(15)16-12(2,3)4/h8-10,13H,5-7H2,1-4H3/t8-,9-,10-/m0/s1. The molecular formula is C12H22N2O2. The van der Waals surface area contributed by atoms with Crippen LogP contribution in [0.3, 0.4) is 0 Å². The predicted octanol–water partition coefficient (Wildman–Crippen LogP) is 1.60. The van der Waals surface area contributed by atoms with Crippen LogP contribution in [0.15, 0.2) is 0 Å². The highest BCUT2D eigenvalue weighted by Crippen LogP contribution is 2.28. The Morgan fingerprint density at radius 1 is 1.38 bits per heavy atom. The fraction of sp³-hybridized carbons (Fsp3) is 0.917. The first-order chi connectivity index (χ1) is 7.35. The lowest BCUT2D eigenvalue weighted by Gasteiger charge is -2.25. The van der Waals surface area contributed by atoms with E-state index in [1.807, 2.05) is 25.7 Å². The van der Waals surface area contributed by atoms with Gasteiger partial charge in [0, 0.05) is 25.2 Å². The van der Waals surface area contributed by atoms with Crippen LogP contribution in [0.1, 0.15) is 34.1 Å². The van der Waals surface area contributed by atoms with Crippen LogP contribution in [-0.2, 0) is 4.74 Å². The molecule has 0 aromatic heterocycles. The van der Waals surface area contributed by atoms with Crippen LogP contribution >= 0.6 is 0 Å². The number of fused-ring (bicyclic) bond motifs is 1. The second-order valence-corrected chi connectivity index (χ2v) is 6.06. The monoisotopic (exact) mass is 226 g/mol. The van der Waals surface area contributed by atoms with Gasteiger partial charge in [-0.25, -0.2) is 4.79 Å². The van der Waals surface area contributed by atoms with Gasteiger partial charge in [0.05, 0.1) is 0 Å². The Hall–Kier alpha value is -0.770. The maximum absolute atomic E-state index is 11.8. The molecule has 2 saturated heterocycles. The molecule has 0 unspecified atom stereocenters. The number of amides is 1. The number of hydrogen-bond donors (Lipinski definition) is 1. The molecule has 3 atom stereocenters. The van der Waals surface area contributed by atoms with Crippen LogP contribution in [0.25, 0.3) is 0 Å². The lowest BCUT2D eigenvalue weighted by Crippen LogP contribution is -2.39. The van der Waals surface area contributed by atoms with Gasteiger partial charge in [-0.3, -0.25) is 0 Å². The van der Waals surface area contributed by atoms with E-state index >= 15 is 0 Å². The molecule has 1 amide bonds. The molecule has 0 saturated carbocycles. The summed E-state index contributed by atoms with van der Waals surface area (Å²) < 4.78 is 5.37. The normalized spacial score (nSPS) is 34.0. The van der Waals surface area contributed by atoms with E-state index in [1.165, 1.54) is 6.42 Å². The maximum Gasteiger partial charge on any atom is 0.410 e. The van der Waals surface area contributed by atoms with Crippen molar-refractivity contribution >= 4 is 6.09 Å². The van der Waals surface area contributed by atoms with Gasteiger partial charge in [0.2, 0.25) is 0 Å². The molecule has 0 radical (unpaired) electrons. The molecule has 2 aliphatic rings. The number of nitrogens with zero attached hydrogens (tertiary/aromatic N) is 1. The van der Waals surface area contributed by atoms with Crippen molar-refractivity contribution in [3.05, 3.63) is 0 Å². The third kappa shape index (κ3) is 2.48. The Labute approximate surface area is 97.3 Å². The van der Waals surface area contributed by atoms with Crippen molar-refractivity contribution in [2.24, 2.45) is 5.92 Å². The number of likely N-dealkylation sites (tertiary alicyclic amines) is 1. The Morgan fingerprint density at radius 3 is 2.62 bits per heavy atom. The summed E-state index contributed by atoms with van der Waals surface area (Å²) in [5.74, 6) is 0.613. The summed E-state index contributed by atoms with van der Waals surface area (Å²) >= 11 is 0. The van der Waals surface area contributed by atoms with Crippen LogP contribution in [-0.4, -0.2) is 41.8 Å². The second-order valence-electron chi connectivity index (χ2n) is 6.06. The number of rotatable bonds is 0. The molecule has 2 rings (SSSR count). The highest BCUT2D eigenvalue weighted by atomic mass is 16.6. The van der Waals surface area contributed by atoms with Gasteiger partial charge in [-0.05, 0) is 40.0 Å². The molecule has 0 bridgehead atoms. The zero-order valence-electron chi connectivity index (χ0n) is 10.6. The summed E-state index contributed by atoms with van der Waals surface area (Å²) in [6.45, 7) is 9.56. The third-order valence-electron chi connectivity index (χ3n) is 3.25.